The Bertz CT molecular complexity index is 524. The van der Waals surface area contributed by atoms with E-state index in [1.54, 1.807) is 0 Å². The van der Waals surface area contributed by atoms with Gasteiger partial charge in [0.05, 0.1) is 5.69 Å². The zero-order valence-corrected chi connectivity index (χ0v) is 11.1. The first kappa shape index (κ1) is 11.7. The molecule has 0 unspecified atom stereocenters. The van der Waals surface area contributed by atoms with Crippen molar-refractivity contribution in [3.63, 3.8) is 0 Å². The van der Waals surface area contributed by atoms with Gasteiger partial charge in [-0.25, -0.2) is 4.98 Å². The maximum atomic E-state index is 4.67. The Morgan fingerprint density at radius 3 is 2.78 bits per heavy atom. The van der Waals surface area contributed by atoms with Crippen LogP contribution in [0.2, 0.25) is 0 Å². The van der Waals surface area contributed by atoms with E-state index >= 15 is 0 Å². The number of hydrogen-bond donors (Lipinski definition) is 0. The van der Waals surface area contributed by atoms with Crippen LogP contribution in [0.15, 0.2) is 24.5 Å². The van der Waals surface area contributed by atoms with Crippen LogP contribution < -0.4 is 0 Å². The van der Waals surface area contributed by atoms with Crippen molar-refractivity contribution in [1.82, 2.24) is 14.3 Å². The first-order valence-electron chi connectivity index (χ1n) is 6.98. The van der Waals surface area contributed by atoms with E-state index in [1.807, 2.05) is 0 Å². The molecule has 0 aliphatic carbocycles. The third-order valence-electron chi connectivity index (χ3n) is 3.78. The van der Waals surface area contributed by atoms with Gasteiger partial charge in [-0.1, -0.05) is 12.5 Å². The Kier molecular flexibility index (Phi) is 3.33. The standard InChI is InChI=1S/C15H21N3/c1-13-5-6-15-16-14(12-18(15)11-13)7-10-17-8-3-2-4-9-17/h5-6,11-12H,2-4,7-10H2,1H3. The second kappa shape index (κ2) is 5.11. The van der Waals surface area contributed by atoms with Gasteiger partial charge in [-0.2, -0.15) is 0 Å². The van der Waals surface area contributed by atoms with Crippen LogP contribution in [-0.2, 0) is 6.42 Å². The zero-order chi connectivity index (χ0) is 12.4. The van der Waals surface area contributed by atoms with E-state index in [0.29, 0.717) is 0 Å². The SMILES string of the molecule is Cc1ccc2nc(CCN3CCCCC3)cn2c1. The van der Waals surface area contributed by atoms with Crippen molar-refractivity contribution in [2.75, 3.05) is 19.6 Å². The summed E-state index contributed by atoms with van der Waals surface area (Å²) in [6, 6.07) is 4.22. The molecule has 18 heavy (non-hydrogen) atoms. The lowest BCUT2D eigenvalue weighted by Gasteiger charge is -2.25. The predicted octanol–water partition coefficient (Wildman–Crippen LogP) is 2.67. The summed E-state index contributed by atoms with van der Waals surface area (Å²) in [4.78, 5) is 7.24. The van der Waals surface area contributed by atoms with Crippen LogP contribution in [-0.4, -0.2) is 33.9 Å². The molecule has 0 atom stereocenters. The number of imidazole rings is 1. The van der Waals surface area contributed by atoms with Crippen molar-refractivity contribution in [2.24, 2.45) is 0 Å². The maximum absolute atomic E-state index is 4.67. The number of hydrogen-bond acceptors (Lipinski definition) is 2. The van der Waals surface area contributed by atoms with E-state index in [1.165, 1.54) is 43.6 Å². The fourth-order valence-electron chi connectivity index (χ4n) is 2.73. The van der Waals surface area contributed by atoms with E-state index in [4.69, 9.17) is 0 Å². The molecule has 0 N–H and O–H groups in total. The fourth-order valence-corrected chi connectivity index (χ4v) is 2.73. The second-order valence-corrected chi connectivity index (χ2v) is 5.36. The summed E-state index contributed by atoms with van der Waals surface area (Å²) in [7, 11) is 0. The lowest BCUT2D eigenvalue weighted by molar-refractivity contribution is 0.231. The number of fused-ring (bicyclic) bond motifs is 1. The van der Waals surface area contributed by atoms with Gasteiger partial charge in [-0.05, 0) is 44.5 Å². The highest BCUT2D eigenvalue weighted by Gasteiger charge is 2.10. The maximum Gasteiger partial charge on any atom is 0.136 e. The molecule has 0 spiro atoms. The summed E-state index contributed by atoms with van der Waals surface area (Å²) in [5, 5.41) is 0. The average Bonchev–Trinajstić information content (AvgIpc) is 2.79. The van der Waals surface area contributed by atoms with Crippen molar-refractivity contribution < 1.29 is 0 Å². The van der Waals surface area contributed by atoms with Crippen LogP contribution in [0.4, 0.5) is 0 Å². The van der Waals surface area contributed by atoms with Gasteiger partial charge in [-0.15, -0.1) is 0 Å². The van der Waals surface area contributed by atoms with E-state index in [9.17, 15) is 0 Å². The first-order valence-corrected chi connectivity index (χ1v) is 6.98. The van der Waals surface area contributed by atoms with Crippen molar-refractivity contribution in [3.8, 4) is 0 Å². The number of piperidine rings is 1. The minimum atomic E-state index is 1.06. The molecule has 0 bridgehead atoms. The highest BCUT2D eigenvalue weighted by atomic mass is 15.1. The molecule has 0 saturated carbocycles. The summed E-state index contributed by atoms with van der Waals surface area (Å²) < 4.78 is 2.14. The number of aromatic nitrogens is 2. The minimum absolute atomic E-state index is 1.06. The van der Waals surface area contributed by atoms with E-state index in [2.05, 4.69) is 45.7 Å². The number of rotatable bonds is 3. The first-order chi connectivity index (χ1) is 8.81. The van der Waals surface area contributed by atoms with Crippen LogP contribution in [0.1, 0.15) is 30.5 Å². The fraction of sp³-hybridized carbons (Fsp3) is 0.533. The van der Waals surface area contributed by atoms with Crippen LogP contribution in [0.3, 0.4) is 0 Å². The molecule has 1 aliphatic rings. The molecule has 3 heteroatoms. The number of aryl methyl sites for hydroxylation is 1. The predicted molar refractivity (Wildman–Crippen MR) is 73.9 cm³/mol. The molecular formula is C15H21N3. The monoisotopic (exact) mass is 243 g/mol. The van der Waals surface area contributed by atoms with Gasteiger partial charge in [-0.3, -0.25) is 0 Å². The Balaban J connectivity index is 1.67. The molecule has 3 rings (SSSR count). The van der Waals surface area contributed by atoms with Gasteiger partial charge in [0.15, 0.2) is 0 Å². The highest BCUT2D eigenvalue weighted by molar-refractivity contribution is 5.41. The van der Waals surface area contributed by atoms with Gasteiger partial charge in [0.2, 0.25) is 0 Å². The average molecular weight is 243 g/mol. The van der Waals surface area contributed by atoms with Crippen molar-refractivity contribution >= 4 is 5.65 Å². The quantitative estimate of drug-likeness (QED) is 0.826. The Hall–Kier alpha value is -1.35. The van der Waals surface area contributed by atoms with Crippen LogP contribution >= 0.6 is 0 Å². The molecule has 1 fully saturated rings. The molecule has 2 aromatic heterocycles. The summed E-state index contributed by atoms with van der Waals surface area (Å²) in [5.74, 6) is 0. The van der Waals surface area contributed by atoms with Crippen LogP contribution in [0.5, 0.6) is 0 Å². The van der Waals surface area contributed by atoms with Crippen LogP contribution in [0, 0.1) is 6.92 Å². The molecule has 1 saturated heterocycles. The molecular weight excluding hydrogens is 222 g/mol. The Morgan fingerprint density at radius 1 is 1.11 bits per heavy atom. The van der Waals surface area contributed by atoms with Gasteiger partial charge >= 0.3 is 0 Å². The van der Waals surface area contributed by atoms with E-state index in [0.717, 1.165) is 18.6 Å². The van der Waals surface area contributed by atoms with Gasteiger partial charge in [0, 0.05) is 25.4 Å². The number of likely N-dealkylation sites (tertiary alicyclic amines) is 1. The van der Waals surface area contributed by atoms with Gasteiger partial charge in [0.25, 0.3) is 0 Å². The number of nitrogens with zero attached hydrogens (tertiary/aromatic N) is 3. The smallest absolute Gasteiger partial charge is 0.136 e. The minimum Gasteiger partial charge on any atom is -0.307 e. The third kappa shape index (κ3) is 2.56. The van der Waals surface area contributed by atoms with E-state index < -0.39 is 0 Å². The third-order valence-corrected chi connectivity index (χ3v) is 3.78. The van der Waals surface area contributed by atoms with Gasteiger partial charge < -0.3 is 9.30 Å². The molecule has 2 aromatic rings. The molecule has 3 nitrogen and oxygen atoms in total. The Labute approximate surface area is 108 Å². The number of pyridine rings is 1. The molecule has 96 valence electrons. The van der Waals surface area contributed by atoms with Crippen molar-refractivity contribution in [1.29, 1.82) is 0 Å². The second-order valence-electron chi connectivity index (χ2n) is 5.36. The largest absolute Gasteiger partial charge is 0.307 e. The molecule has 0 radical (unpaired) electrons. The van der Waals surface area contributed by atoms with Crippen LogP contribution in [0.25, 0.3) is 5.65 Å². The molecule has 3 heterocycles. The summed E-state index contributed by atoms with van der Waals surface area (Å²) in [6.07, 6.45) is 9.53. The molecule has 0 amide bonds. The lowest BCUT2D eigenvalue weighted by atomic mass is 10.1. The summed E-state index contributed by atoms with van der Waals surface area (Å²) in [5.41, 5.74) is 3.56. The lowest BCUT2D eigenvalue weighted by Crippen LogP contribution is -2.31. The van der Waals surface area contributed by atoms with Crippen molar-refractivity contribution in [3.05, 3.63) is 35.8 Å². The Morgan fingerprint density at radius 2 is 1.94 bits per heavy atom. The topological polar surface area (TPSA) is 20.5 Å². The normalized spacial score (nSPS) is 17.4. The summed E-state index contributed by atoms with van der Waals surface area (Å²) >= 11 is 0. The molecule has 0 aromatic carbocycles. The zero-order valence-electron chi connectivity index (χ0n) is 11.1. The van der Waals surface area contributed by atoms with Gasteiger partial charge in [0.1, 0.15) is 5.65 Å². The summed E-state index contributed by atoms with van der Waals surface area (Å²) in [6.45, 7) is 5.81. The molecule has 1 aliphatic heterocycles. The van der Waals surface area contributed by atoms with E-state index in [-0.39, 0.29) is 0 Å². The van der Waals surface area contributed by atoms with Crippen molar-refractivity contribution in [2.45, 2.75) is 32.6 Å². The highest BCUT2D eigenvalue weighted by Crippen LogP contribution is 2.11.